The maximum absolute atomic E-state index is 13.1. The Morgan fingerprint density at radius 1 is 0.687 bits per heavy atom. The minimum atomic E-state index is -1.25. The summed E-state index contributed by atoms with van der Waals surface area (Å²) in [6, 6.07) is 0. The number of ketones is 2. The van der Waals surface area contributed by atoms with Crippen LogP contribution in [0.1, 0.15) is 154 Å². The van der Waals surface area contributed by atoms with Crippen molar-refractivity contribution in [2.75, 3.05) is 6.54 Å². The predicted molar refractivity (Wildman–Crippen MR) is 258 cm³/mol. The molecular formula is C53H81N3O11. The van der Waals surface area contributed by atoms with Crippen LogP contribution in [-0.4, -0.2) is 93.0 Å². The molecule has 0 radical (unpaired) electrons. The summed E-state index contributed by atoms with van der Waals surface area (Å²) in [7, 11) is 0. The number of hydrogen-bond donors (Lipinski definition) is 5. The van der Waals surface area contributed by atoms with Gasteiger partial charge in [0.05, 0.1) is 60.8 Å². The molecule has 4 aliphatic heterocycles. The molecule has 0 aromatic heterocycles. The molecule has 1 amide bonds. The number of amides is 1. The van der Waals surface area contributed by atoms with Gasteiger partial charge in [-0.3, -0.25) is 24.0 Å². The van der Waals surface area contributed by atoms with E-state index in [1.54, 1.807) is 59.9 Å². The quantitative estimate of drug-likeness (QED) is 0.133. The van der Waals surface area contributed by atoms with E-state index < -0.39 is 71.2 Å². The molecule has 0 aliphatic carbocycles. The average Bonchev–Trinajstić information content (AvgIpc) is 3.94. The maximum atomic E-state index is 13.1. The van der Waals surface area contributed by atoms with E-state index in [0.717, 1.165) is 60.8 Å². The lowest BCUT2D eigenvalue weighted by atomic mass is 9.73. The lowest BCUT2D eigenvalue weighted by Crippen LogP contribution is -2.45. The molecule has 5 N–H and O–H groups in total. The number of hydrogen-bond acceptors (Lipinski definition) is 13. The highest BCUT2D eigenvalue weighted by Crippen LogP contribution is 2.34. The van der Waals surface area contributed by atoms with E-state index in [0.29, 0.717) is 31.5 Å². The van der Waals surface area contributed by atoms with Crippen molar-refractivity contribution in [3.05, 3.63) is 70.1 Å². The second-order valence-corrected chi connectivity index (χ2v) is 20.7. The summed E-state index contributed by atoms with van der Waals surface area (Å²) in [6.07, 6.45) is 12.0. The molecule has 0 spiro atoms. The lowest BCUT2D eigenvalue weighted by molar-refractivity contribution is -0.155. The van der Waals surface area contributed by atoms with E-state index in [4.69, 9.17) is 9.47 Å². The molecule has 0 fully saturated rings. The van der Waals surface area contributed by atoms with Crippen LogP contribution in [0.4, 0.5) is 0 Å². The number of rotatable bonds is 4. The first-order valence-corrected chi connectivity index (χ1v) is 24.2. The van der Waals surface area contributed by atoms with E-state index >= 15 is 0 Å². The van der Waals surface area contributed by atoms with Gasteiger partial charge >= 0.3 is 11.9 Å². The predicted octanol–water partition coefficient (Wildman–Crippen LogP) is 8.44. The van der Waals surface area contributed by atoms with E-state index in [-0.39, 0.29) is 42.2 Å². The molecular weight excluding hydrogens is 855 g/mol. The van der Waals surface area contributed by atoms with Crippen molar-refractivity contribution in [1.29, 1.82) is 0 Å². The van der Waals surface area contributed by atoms with Gasteiger partial charge in [0, 0.05) is 36.8 Å². The van der Waals surface area contributed by atoms with Crippen molar-refractivity contribution < 1.29 is 53.9 Å². The molecule has 0 bridgehead atoms. The van der Waals surface area contributed by atoms with Crippen LogP contribution >= 0.6 is 0 Å². The highest BCUT2D eigenvalue weighted by atomic mass is 16.5. The first-order chi connectivity index (χ1) is 31.3. The Hall–Kier alpha value is -4.37. The van der Waals surface area contributed by atoms with Gasteiger partial charge in [-0.1, -0.05) is 90.8 Å². The number of allylic oxidation sites excluding steroid dienone is 3. The van der Waals surface area contributed by atoms with Crippen molar-refractivity contribution in [2.24, 2.45) is 44.7 Å². The van der Waals surface area contributed by atoms with Crippen LogP contribution in [0.5, 0.6) is 0 Å². The number of Topliss-reactive ketones (excluding diaryl/α,β-unsaturated/α-hetero) is 2. The summed E-state index contributed by atoms with van der Waals surface area (Å²) >= 11 is 0. The van der Waals surface area contributed by atoms with Crippen LogP contribution in [0.25, 0.3) is 0 Å². The highest BCUT2D eigenvalue weighted by molar-refractivity contribution is 5.88. The molecule has 0 aromatic carbocycles. The number of ether oxygens (including phenoxy) is 2. The van der Waals surface area contributed by atoms with E-state index in [1.165, 1.54) is 5.57 Å². The first kappa shape index (κ1) is 57.0. The molecule has 4 heterocycles. The molecule has 0 saturated carbocycles. The number of aliphatic hydroxyl groups excluding tert-OH is 4. The lowest BCUT2D eigenvalue weighted by Gasteiger charge is -2.34. The number of carbonyl (C=O) groups is 5. The van der Waals surface area contributed by atoms with Gasteiger partial charge in [-0.05, 0) is 101 Å². The number of nitrogens with zero attached hydrogens (tertiary/aromatic N) is 2. The molecule has 14 heteroatoms. The fraction of sp³-hybridized carbons (Fsp3) is 0.679. The third kappa shape index (κ3) is 17.0. The summed E-state index contributed by atoms with van der Waals surface area (Å²) in [5, 5.41) is 53.7. The standard InChI is InChI=1S/C27H41NO6.C26H40N2O5/c1-16-8-7-9-17(2)25(32)19(4)26(33)27(5,6)22(29)15-24(31)34-21(12-10-16)18(3)14-20-11-13-23(30)28-20;1-16-8-7-9-17(2)24(31)19(4)25(32)26(5,6)22(29)13-23(30)33-21(11-10-16)18(3)12-20-14-27-28-15-20/h10-11,14,17,19,21-22,25,29,32H,7-9,12-13,15H2,1-6H3,(H,28,30);10,12,14,17,19,21-22,24,29,31H,7-9,11,13,15H2,1-6H3/b16-10-,18-14+;16-10-,18-12+/t17-,19+,21-,22-,25-;17-,19+,21-,22-,24-/m00/s1. The van der Waals surface area contributed by atoms with E-state index in [9.17, 15) is 44.4 Å². The van der Waals surface area contributed by atoms with Crippen molar-refractivity contribution in [2.45, 2.75) is 190 Å². The summed E-state index contributed by atoms with van der Waals surface area (Å²) in [5.41, 5.74) is 3.22. The molecule has 10 atom stereocenters. The second-order valence-electron chi connectivity index (χ2n) is 20.7. The third-order valence-corrected chi connectivity index (χ3v) is 14.2. The first-order valence-electron chi connectivity index (χ1n) is 24.2. The summed E-state index contributed by atoms with van der Waals surface area (Å²) < 4.78 is 11.5. The zero-order chi connectivity index (χ0) is 50.4. The smallest absolute Gasteiger partial charge is 0.309 e. The average molecular weight is 936 g/mol. The van der Waals surface area contributed by atoms with Crippen LogP contribution in [-0.2, 0) is 33.4 Å². The topological polar surface area (TPSA) is 221 Å². The second kappa shape index (κ2) is 25.8. The molecule has 14 nitrogen and oxygen atoms in total. The van der Waals surface area contributed by atoms with Crippen LogP contribution < -0.4 is 5.32 Å². The van der Waals surface area contributed by atoms with Gasteiger partial charge in [0.2, 0.25) is 5.91 Å². The molecule has 4 aliphatic rings. The Balaban J connectivity index is 0.000000355. The van der Waals surface area contributed by atoms with Gasteiger partial charge in [-0.25, -0.2) is 0 Å². The summed E-state index contributed by atoms with van der Waals surface area (Å²) in [6.45, 7) is 22.1. The molecule has 374 valence electrons. The summed E-state index contributed by atoms with van der Waals surface area (Å²) in [5.74, 6) is -3.17. The molecule has 67 heavy (non-hydrogen) atoms. The Bertz CT molecular complexity index is 1990. The SMILES string of the molecule is C/C1=C/C[C@@H](/C(C)=C/C2=CCC(=O)N2)OC(=O)C[C@H](O)C(C)(C)C(=O)[C@H](C)[C@@H](O)[C@@H](C)CCC1.C/C1=C/C[C@@H](/C(C)=C/C2=CN=NC2)OC(=O)C[C@H](O)C(C)(C)C(=O)[C@H](C)[C@@H](O)[C@@H](C)CCC1. The molecule has 0 unspecified atom stereocenters. The van der Waals surface area contributed by atoms with Gasteiger partial charge in [-0.15, -0.1) is 0 Å². The van der Waals surface area contributed by atoms with E-state index in [1.807, 2.05) is 40.7 Å². The Labute approximate surface area is 399 Å². The molecule has 4 rings (SSSR count). The number of cyclic esters (lactones) is 2. The third-order valence-electron chi connectivity index (χ3n) is 14.2. The Morgan fingerprint density at radius 2 is 1.12 bits per heavy atom. The largest absolute Gasteiger partial charge is 0.457 e. The van der Waals surface area contributed by atoms with Crippen molar-refractivity contribution >= 4 is 29.4 Å². The fourth-order valence-electron chi connectivity index (χ4n) is 8.90. The normalized spacial score (nSPS) is 34.2. The van der Waals surface area contributed by atoms with Gasteiger partial charge in [0.25, 0.3) is 0 Å². The number of aliphatic hydroxyl groups is 4. The van der Waals surface area contributed by atoms with Gasteiger partial charge < -0.3 is 35.2 Å². The van der Waals surface area contributed by atoms with Crippen LogP contribution in [0.3, 0.4) is 0 Å². The zero-order valence-electron chi connectivity index (χ0n) is 42.3. The van der Waals surface area contributed by atoms with Crippen molar-refractivity contribution in [1.82, 2.24) is 5.32 Å². The maximum Gasteiger partial charge on any atom is 0.309 e. The minimum absolute atomic E-state index is 0.0454. The minimum Gasteiger partial charge on any atom is -0.457 e. The van der Waals surface area contributed by atoms with Crippen LogP contribution in [0.2, 0.25) is 0 Å². The molecule has 0 aromatic rings. The monoisotopic (exact) mass is 936 g/mol. The zero-order valence-corrected chi connectivity index (χ0v) is 42.3. The van der Waals surface area contributed by atoms with Gasteiger partial charge in [-0.2, -0.15) is 10.2 Å². The van der Waals surface area contributed by atoms with Crippen LogP contribution in [0, 0.1) is 34.5 Å². The number of azo groups is 1. The number of esters is 2. The molecule has 0 saturated heterocycles. The Kier molecular flexibility index (Phi) is 22.0. The van der Waals surface area contributed by atoms with Crippen LogP contribution in [0.15, 0.2) is 80.4 Å². The summed E-state index contributed by atoms with van der Waals surface area (Å²) in [4.78, 5) is 63.3. The fourth-order valence-corrected chi connectivity index (χ4v) is 8.90. The van der Waals surface area contributed by atoms with Crippen molar-refractivity contribution in [3.63, 3.8) is 0 Å². The number of nitrogens with one attached hydrogen (secondary N) is 1. The number of carbonyl (C=O) groups excluding carboxylic acids is 5. The Morgan fingerprint density at radius 3 is 1.51 bits per heavy atom. The highest BCUT2D eigenvalue weighted by Gasteiger charge is 2.44. The van der Waals surface area contributed by atoms with Crippen molar-refractivity contribution in [3.8, 4) is 0 Å². The van der Waals surface area contributed by atoms with E-state index in [2.05, 4.69) is 34.6 Å². The van der Waals surface area contributed by atoms with Gasteiger partial charge in [0.15, 0.2) is 0 Å². The van der Waals surface area contributed by atoms with Gasteiger partial charge in [0.1, 0.15) is 23.8 Å².